The van der Waals surface area contributed by atoms with Crippen LogP contribution in [-0.4, -0.2) is 55.7 Å². The van der Waals surface area contributed by atoms with Gasteiger partial charge in [-0.05, 0) is 38.8 Å². The second-order valence-corrected chi connectivity index (χ2v) is 6.32. The summed E-state index contributed by atoms with van der Waals surface area (Å²) in [6.45, 7) is 10.9. The molecule has 132 valence electrons. The topological polar surface area (TPSA) is 63.1 Å². The van der Waals surface area contributed by atoms with Gasteiger partial charge in [-0.25, -0.2) is 4.79 Å². The van der Waals surface area contributed by atoms with Gasteiger partial charge in [0.25, 0.3) is 5.91 Å². The number of ether oxygens (including phenoxy) is 1. The van der Waals surface area contributed by atoms with Crippen molar-refractivity contribution in [3.8, 4) is 0 Å². The van der Waals surface area contributed by atoms with E-state index in [0.29, 0.717) is 19.7 Å². The quantitative estimate of drug-likeness (QED) is 0.863. The van der Waals surface area contributed by atoms with E-state index < -0.39 is 0 Å². The summed E-state index contributed by atoms with van der Waals surface area (Å²) in [5.74, 6) is 0.0204. The van der Waals surface area contributed by atoms with Crippen LogP contribution in [0.15, 0.2) is 18.2 Å². The van der Waals surface area contributed by atoms with Crippen LogP contribution in [-0.2, 0) is 9.53 Å². The van der Waals surface area contributed by atoms with E-state index >= 15 is 0 Å². The number of para-hydroxylation sites is 1. The number of carbonyl (C=O) groups is 2. The van der Waals surface area contributed by atoms with E-state index in [9.17, 15) is 9.59 Å². The molecule has 1 atom stereocenters. The number of quaternary nitrogens is 1. The van der Waals surface area contributed by atoms with E-state index in [-0.39, 0.29) is 18.0 Å². The Labute approximate surface area is 143 Å². The number of aryl methyl sites for hydroxylation is 2. The number of hydrogen-bond acceptors (Lipinski definition) is 3. The first-order valence-corrected chi connectivity index (χ1v) is 8.57. The molecule has 1 saturated heterocycles. The van der Waals surface area contributed by atoms with E-state index in [2.05, 4.69) is 5.32 Å². The van der Waals surface area contributed by atoms with Gasteiger partial charge < -0.3 is 15.0 Å². The molecule has 24 heavy (non-hydrogen) atoms. The molecule has 0 unspecified atom stereocenters. The molecule has 0 saturated carbocycles. The molecule has 0 aromatic heterocycles. The van der Waals surface area contributed by atoms with E-state index in [1.54, 1.807) is 11.8 Å². The van der Waals surface area contributed by atoms with Crippen molar-refractivity contribution in [3.05, 3.63) is 29.3 Å². The SMILES string of the molecule is CCOC(=O)N1CC[NH+]([C@H](C)C(=O)Nc2c(C)cccc2C)CC1. The summed E-state index contributed by atoms with van der Waals surface area (Å²) in [6.07, 6.45) is -0.260. The van der Waals surface area contributed by atoms with Gasteiger partial charge in [-0.1, -0.05) is 18.2 Å². The van der Waals surface area contributed by atoms with Gasteiger partial charge in [0, 0.05) is 5.69 Å². The van der Waals surface area contributed by atoms with Crippen LogP contribution in [0.5, 0.6) is 0 Å². The number of anilines is 1. The molecule has 2 N–H and O–H groups in total. The highest BCUT2D eigenvalue weighted by atomic mass is 16.6. The Bertz CT molecular complexity index is 575. The molecular formula is C18H28N3O3+. The number of benzene rings is 1. The lowest BCUT2D eigenvalue weighted by atomic mass is 10.1. The number of piperazine rings is 1. The molecule has 0 bridgehead atoms. The van der Waals surface area contributed by atoms with Crippen LogP contribution < -0.4 is 10.2 Å². The molecule has 1 heterocycles. The summed E-state index contributed by atoms with van der Waals surface area (Å²) in [4.78, 5) is 27.2. The van der Waals surface area contributed by atoms with Gasteiger partial charge in [0.05, 0.1) is 32.8 Å². The third-order valence-corrected chi connectivity index (χ3v) is 4.67. The highest BCUT2D eigenvalue weighted by Crippen LogP contribution is 2.19. The number of carbonyl (C=O) groups excluding carboxylic acids is 2. The summed E-state index contributed by atoms with van der Waals surface area (Å²) < 4.78 is 5.03. The number of hydrogen-bond donors (Lipinski definition) is 2. The van der Waals surface area contributed by atoms with Crippen molar-refractivity contribution >= 4 is 17.7 Å². The van der Waals surface area contributed by atoms with Crippen LogP contribution in [0, 0.1) is 13.8 Å². The van der Waals surface area contributed by atoms with E-state index in [1.165, 1.54) is 4.90 Å². The number of amides is 2. The molecule has 2 rings (SSSR count). The minimum absolute atomic E-state index is 0.0204. The summed E-state index contributed by atoms with van der Waals surface area (Å²) in [7, 11) is 0. The molecule has 1 aliphatic rings. The third-order valence-electron chi connectivity index (χ3n) is 4.67. The Morgan fingerprint density at radius 1 is 1.25 bits per heavy atom. The van der Waals surface area contributed by atoms with Crippen LogP contribution >= 0.6 is 0 Å². The molecule has 6 heteroatoms. The number of nitrogens with one attached hydrogen (secondary N) is 2. The van der Waals surface area contributed by atoms with Crippen molar-refractivity contribution in [1.82, 2.24) is 4.90 Å². The maximum Gasteiger partial charge on any atom is 0.410 e. The Kier molecular flexibility index (Phi) is 6.20. The van der Waals surface area contributed by atoms with Gasteiger partial charge in [-0.2, -0.15) is 0 Å². The Balaban J connectivity index is 1.92. The predicted octanol–water partition coefficient (Wildman–Crippen LogP) is 0.987. The zero-order chi connectivity index (χ0) is 17.7. The molecule has 0 radical (unpaired) electrons. The summed E-state index contributed by atoms with van der Waals surface area (Å²) in [5.41, 5.74) is 3.04. The van der Waals surface area contributed by atoms with E-state index in [1.807, 2.05) is 39.0 Å². The first kappa shape index (κ1) is 18.3. The summed E-state index contributed by atoms with van der Waals surface area (Å²) in [5, 5.41) is 3.06. The van der Waals surface area contributed by atoms with Crippen molar-refractivity contribution in [2.75, 3.05) is 38.1 Å². The number of rotatable bonds is 4. The highest BCUT2D eigenvalue weighted by molar-refractivity contribution is 5.95. The average Bonchev–Trinajstić information content (AvgIpc) is 2.58. The van der Waals surface area contributed by atoms with Gasteiger partial charge in [-0.15, -0.1) is 0 Å². The van der Waals surface area contributed by atoms with Crippen LogP contribution in [0.25, 0.3) is 0 Å². The molecule has 1 aliphatic heterocycles. The van der Waals surface area contributed by atoms with E-state index in [0.717, 1.165) is 29.9 Å². The van der Waals surface area contributed by atoms with Gasteiger partial charge in [-0.3, -0.25) is 9.69 Å². The zero-order valence-corrected chi connectivity index (χ0v) is 15.0. The van der Waals surface area contributed by atoms with Crippen LogP contribution in [0.3, 0.4) is 0 Å². The first-order valence-electron chi connectivity index (χ1n) is 8.57. The highest BCUT2D eigenvalue weighted by Gasteiger charge is 2.31. The van der Waals surface area contributed by atoms with Crippen LogP contribution in [0.2, 0.25) is 0 Å². The average molecular weight is 334 g/mol. The lowest BCUT2D eigenvalue weighted by molar-refractivity contribution is -0.917. The molecule has 1 fully saturated rings. The minimum Gasteiger partial charge on any atom is -0.450 e. The first-order chi connectivity index (χ1) is 11.4. The third kappa shape index (κ3) is 4.26. The predicted molar refractivity (Wildman–Crippen MR) is 93.3 cm³/mol. The maximum atomic E-state index is 12.6. The smallest absolute Gasteiger partial charge is 0.410 e. The molecule has 6 nitrogen and oxygen atoms in total. The molecule has 0 aliphatic carbocycles. The summed E-state index contributed by atoms with van der Waals surface area (Å²) in [6, 6.07) is 5.83. The second kappa shape index (κ2) is 8.15. The Morgan fingerprint density at radius 2 is 1.83 bits per heavy atom. The fraction of sp³-hybridized carbons (Fsp3) is 0.556. The lowest BCUT2D eigenvalue weighted by Gasteiger charge is -2.34. The van der Waals surface area contributed by atoms with Gasteiger partial charge in [0.15, 0.2) is 6.04 Å². The van der Waals surface area contributed by atoms with Gasteiger partial charge >= 0.3 is 6.09 Å². The van der Waals surface area contributed by atoms with Crippen molar-refractivity contribution in [3.63, 3.8) is 0 Å². The van der Waals surface area contributed by atoms with Crippen molar-refractivity contribution in [2.45, 2.75) is 33.7 Å². The van der Waals surface area contributed by atoms with Crippen LogP contribution in [0.1, 0.15) is 25.0 Å². The lowest BCUT2D eigenvalue weighted by Crippen LogP contribution is -3.19. The summed E-state index contributed by atoms with van der Waals surface area (Å²) >= 11 is 0. The normalized spacial score (nSPS) is 16.6. The van der Waals surface area contributed by atoms with Crippen LogP contribution in [0.4, 0.5) is 10.5 Å². The van der Waals surface area contributed by atoms with Gasteiger partial charge in [0.2, 0.25) is 0 Å². The zero-order valence-electron chi connectivity index (χ0n) is 15.0. The fourth-order valence-corrected chi connectivity index (χ4v) is 3.05. The molecule has 0 spiro atoms. The Morgan fingerprint density at radius 3 is 2.38 bits per heavy atom. The number of nitrogens with zero attached hydrogens (tertiary/aromatic N) is 1. The molecule has 2 amide bonds. The monoisotopic (exact) mass is 334 g/mol. The second-order valence-electron chi connectivity index (χ2n) is 6.32. The van der Waals surface area contributed by atoms with Crippen molar-refractivity contribution in [1.29, 1.82) is 0 Å². The molecular weight excluding hydrogens is 306 g/mol. The van der Waals surface area contributed by atoms with Crippen molar-refractivity contribution in [2.24, 2.45) is 0 Å². The molecule has 1 aromatic carbocycles. The van der Waals surface area contributed by atoms with E-state index in [4.69, 9.17) is 4.74 Å². The van der Waals surface area contributed by atoms with Crippen molar-refractivity contribution < 1.29 is 19.2 Å². The Hall–Kier alpha value is -2.08. The minimum atomic E-state index is -0.260. The fourth-order valence-electron chi connectivity index (χ4n) is 3.05. The largest absolute Gasteiger partial charge is 0.450 e. The van der Waals surface area contributed by atoms with Gasteiger partial charge in [0.1, 0.15) is 0 Å². The maximum absolute atomic E-state index is 12.6. The standard InChI is InChI=1S/C18H27N3O3/c1-5-24-18(23)21-11-9-20(10-12-21)15(4)17(22)19-16-13(2)7-6-8-14(16)3/h6-8,15H,5,9-12H2,1-4H3,(H,19,22)/p+1/t15-/m1/s1. The molecule has 1 aromatic rings.